The molecule has 0 saturated heterocycles. The zero-order chi connectivity index (χ0) is 15.3. The summed E-state index contributed by atoms with van der Waals surface area (Å²) in [4.78, 5) is 2.71. The van der Waals surface area contributed by atoms with E-state index in [1.54, 1.807) is 0 Å². The number of hydrogen-bond acceptors (Lipinski definition) is 1. The Balaban J connectivity index is 2.41. The average Bonchev–Trinajstić information content (AvgIpc) is 2.73. The molecule has 0 aliphatic rings. The number of hydrogen-bond donors (Lipinski definition) is 1. The summed E-state index contributed by atoms with van der Waals surface area (Å²) in [6.07, 6.45) is 0. The molecule has 7 heteroatoms. The Hall–Kier alpha value is -2.15. The molecule has 0 fully saturated rings. The van der Waals surface area contributed by atoms with E-state index in [9.17, 15) is 17.6 Å². The monoisotopic (exact) mass is 312 g/mol. The van der Waals surface area contributed by atoms with Crippen LogP contribution in [0.3, 0.4) is 0 Å². The van der Waals surface area contributed by atoms with E-state index in [0.717, 1.165) is 12.1 Å². The van der Waals surface area contributed by atoms with Crippen LogP contribution < -0.4 is 0 Å². The predicted octanol–water partition coefficient (Wildman–Crippen LogP) is 4.55. The van der Waals surface area contributed by atoms with Crippen LogP contribution in [0.5, 0.6) is 0 Å². The van der Waals surface area contributed by atoms with Crippen LogP contribution in [0.1, 0.15) is 5.56 Å². The first-order valence-electron chi connectivity index (χ1n) is 5.95. The summed E-state index contributed by atoms with van der Waals surface area (Å²) in [6, 6.07) is 4.56. The standard InChI is InChI=1S/C14H8F4N2S/c1-6-4-11-9(5-8(6)16)19-14(21)20(11)10-3-2-7(15)12(17)13(10)18/h2-5H,1H3,(H,19,21). The van der Waals surface area contributed by atoms with Crippen molar-refractivity contribution in [2.24, 2.45) is 0 Å². The summed E-state index contributed by atoms with van der Waals surface area (Å²) in [7, 11) is 0. The number of aryl methyl sites for hydroxylation is 1. The van der Waals surface area contributed by atoms with E-state index in [1.165, 1.54) is 23.6 Å². The molecule has 0 atom stereocenters. The van der Waals surface area contributed by atoms with Gasteiger partial charge in [-0.15, -0.1) is 0 Å². The fourth-order valence-corrected chi connectivity index (χ4v) is 2.47. The normalized spacial score (nSPS) is 11.3. The van der Waals surface area contributed by atoms with Gasteiger partial charge in [0.2, 0.25) is 0 Å². The van der Waals surface area contributed by atoms with Gasteiger partial charge in [-0.05, 0) is 49.0 Å². The molecular formula is C14H8F4N2S. The topological polar surface area (TPSA) is 20.7 Å². The Morgan fingerprint density at radius 2 is 1.71 bits per heavy atom. The molecule has 108 valence electrons. The number of aromatic amines is 1. The van der Waals surface area contributed by atoms with Gasteiger partial charge in [0.15, 0.2) is 22.2 Å². The molecule has 0 amide bonds. The second kappa shape index (κ2) is 4.70. The summed E-state index contributed by atoms with van der Waals surface area (Å²) >= 11 is 5.06. The molecular weight excluding hydrogens is 304 g/mol. The van der Waals surface area contributed by atoms with Crippen LogP contribution in [0.25, 0.3) is 16.7 Å². The largest absolute Gasteiger partial charge is 0.330 e. The summed E-state index contributed by atoms with van der Waals surface area (Å²) in [5.41, 5.74) is 0.806. The van der Waals surface area contributed by atoms with E-state index in [0.29, 0.717) is 16.6 Å². The van der Waals surface area contributed by atoms with Gasteiger partial charge in [0.1, 0.15) is 5.82 Å². The summed E-state index contributed by atoms with van der Waals surface area (Å²) < 4.78 is 55.2. The highest BCUT2D eigenvalue weighted by atomic mass is 32.1. The van der Waals surface area contributed by atoms with Crippen molar-refractivity contribution in [1.82, 2.24) is 9.55 Å². The van der Waals surface area contributed by atoms with Gasteiger partial charge in [0.25, 0.3) is 0 Å². The second-order valence-corrected chi connectivity index (χ2v) is 4.97. The van der Waals surface area contributed by atoms with Crippen LogP contribution in [-0.4, -0.2) is 9.55 Å². The van der Waals surface area contributed by atoms with E-state index in [-0.39, 0.29) is 10.5 Å². The van der Waals surface area contributed by atoms with Gasteiger partial charge in [-0.25, -0.2) is 17.6 Å². The molecule has 1 N–H and O–H groups in total. The molecule has 0 spiro atoms. The lowest BCUT2D eigenvalue weighted by Crippen LogP contribution is -2.02. The lowest BCUT2D eigenvalue weighted by Gasteiger charge is -2.08. The Morgan fingerprint density at radius 1 is 1.00 bits per heavy atom. The first-order valence-corrected chi connectivity index (χ1v) is 6.35. The fraction of sp³-hybridized carbons (Fsp3) is 0.0714. The third-order valence-corrected chi connectivity index (χ3v) is 3.50. The predicted molar refractivity (Wildman–Crippen MR) is 73.0 cm³/mol. The van der Waals surface area contributed by atoms with Crippen molar-refractivity contribution in [3.63, 3.8) is 0 Å². The van der Waals surface area contributed by atoms with Crippen LogP contribution in [0.4, 0.5) is 17.6 Å². The number of fused-ring (bicyclic) bond motifs is 1. The smallest absolute Gasteiger partial charge is 0.196 e. The summed E-state index contributed by atoms with van der Waals surface area (Å²) in [5.74, 6) is -4.67. The lowest BCUT2D eigenvalue weighted by atomic mass is 10.2. The van der Waals surface area contributed by atoms with E-state index in [4.69, 9.17) is 12.2 Å². The molecule has 0 aliphatic carbocycles. The molecule has 2 aromatic carbocycles. The number of nitrogens with one attached hydrogen (secondary N) is 1. The summed E-state index contributed by atoms with van der Waals surface area (Å²) in [5, 5.41) is 0. The Kier molecular flexibility index (Phi) is 3.09. The first kappa shape index (κ1) is 13.8. The quantitative estimate of drug-likeness (QED) is 0.397. The molecule has 2 nitrogen and oxygen atoms in total. The number of benzene rings is 2. The maximum absolute atomic E-state index is 13.9. The maximum atomic E-state index is 13.9. The van der Waals surface area contributed by atoms with Gasteiger partial charge < -0.3 is 4.98 Å². The zero-order valence-corrected chi connectivity index (χ0v) is 11.5. The van der Waals surface area contributed by atoms with E-state index in [2.05, 4.69) is 4.98 Å². The third kappa shape index (κ3) is 2.04. The Morgan fingerprint density at radius 3 is 2.43 bits per heavy atom. The van der Waals surface area contributed by atoms with Crippen molar-refractivity contribution in [2.45, 2.75) is 6.92 Å². The number of imidazole rings is 1. The molecule has 1 aromatic heterocycles. The van der Waals surface area contributed by atoms with E-state index >= 15 is 0 Å². The van der Waals surface area contributed by atoms with Crippen LogP contribution >= 0.6 is 12.2 Å². The van der Waals surface area contributed by atoms with Crippen molar-refractivity contribution in [1.29, 1.82) is 0 Å². The molecule has 0 aliphatic heterocycles. The SMILES string of the molecule is Cc1cc2c(cc1F)[nH]c(=S)n2-c1ccc(F)c(F)c1F. The van der Waals surface area contributed by atoms with Crippen LogP contribution in [0.2, 0.25) is 0 Å². The van der Waals surface area contributed by atoms with Crippen molar-refractivity contribution in [3.8, 4) is 5.69 Å². The highest BCUT2D eigenvalue weighted by Gasteiger charge is 2.18. The molecule has 3 rings (SSSR count). The number of H-pyrrole nitrogens is 1. The van der Waals surface area contributed by atoms with E-state index in [1.807, 2.05) is 0 Å². The first-order chi connectivity index (χ1) is 9.90. The van der Waals surface area contributed by atoms with Crippen molar-refractivity contribution in [2.75, 3.05) is 0 Å². The Labute approximate surface area is 121 Å². The highest BCUT2D eigenvalue weighted by molar-refractivity contribution is 7.71. The maximum Gasteiger partial charge on any atom is 0.196 e. The lowest BCUT2D eigenvalue weighted by molar-refractivity contribution is 0.445. The number of nitrogens with zero attached hydrogens (tertiary/aromatic N) is 1. The molecule has 0 bridgehead atoms. The highest BCUT2D eigenvalue weighted by Crippen LogP contribution is 2.26. The second-order valence-electron chi connectivity index (χ2n) is 4.58. The van der Waals surface area contributed by atoms with Gasteiger partial charge in [0, 0.05) is 0 Å². The average molecular weight is 312 g/mol. The number of aromatic nitrogens is 2. The molecule has 21 heavy (non-hydrogen) atoms. The van der Waals surface area contributed by atoms with Crippen LogP contribution in [-0.2, 0) is 0 Å². The van der Waals surface area contributed by atoms with Gasteiger partial charge in [0.05, 0.1) is 16.7 Å². The molecule has 0 unspecified atom stereocenters. The van der Waals surface area contributed by atoms with Gasteiger partial charge in [-0.2, -0.15) is 0 Å². The van der Waals surface area contributed by atoms with Gasteiger partial charge in [-0.3, -0.25) is 4.57 Å². The number of halogens is 4. The zero-order valence-electron chi connectivity index (χ0n) is 10.7. The minimum atomic E-state index is -1.58. The van der Waals surface area contributed by atoms with E-state index < -0.39 is 23.3 Å². The Bertz CT molecular complexity index is 927. The molecule has 0 radical (unpaired) electrons. The van der Waals surface area contributed by atoms with Crippen LogP contribution in [0.15, 0.2) is 24.3 Å². The number of rotatable bonds is 1. The van der Waals surface area contributed by atoms with Crippen molar-refractivity contribution >= 4 is 23.3 Å². The minimum Gasteiger partial charge on any atom is -0.330 e. The van der Waals surface area contributed by atoms with Gasteiger partial charge >= 0.3 is 0 Å². The minimum absolute atomic E-state index is 0.0555. The molecule has 0 saturated carbocycles. The summed E-state index contributed by atoms with van der Waals surface area (Å²) in [6.45, 7) is 1.54. The van der Waals surface area contributed by atoms with Crippen molar-refractivity contribution in [3.05, 3.63) is 57.9 Å². The van der Waals surface area contributed by atoms with Gasteiger partial charge in [-0.1, -0.05) is 0 Å². The molecule has 3 aromatic rings. The fourth-order valence-electron chi connectivity index (χ4n) is 2.16. The van der Waals surface area contributed by atoms with Crippen LogP contribution in [0, 0.1) is 35.0 Å². The third-order valence-electron chi connectivity index (χ3n) is 3.22. The molecule has 1 heterocycles. The van der Waals surface area contributed by atoms with Crippen molar-refractivity contribution < 1.29 is 17.6 Å².